The quantitative estimate of drug-likeness (QED) is 0.0200. The van der Waals surface area contributed by atoms with E-state index in [1.165, 1.54) is 36.1 Å². The van der Waals surface area contributed by atoms with E-state index < -0.39 is 174 Å². The Kier molecular flexibility index (Phi) is 29.1. The minimum Gasteiger partial charge on any atom is -0.508 e. The van der Waals surface area contributed by atoms with Crippen LogP contribution in [0.1, 0.15) is 157 Å². The van der Waals surface area contributed by atoms with Crippen LogP contribution in [0.5, 0.6) is 23.0 Å². The fourth-order valence-electron chi connectivity index (χ4n) is 13.4. The highest BCUT2D eigenvalue weighted by molar-refractivity contribution is 7.80. The number of aliphatic carboxylic acids is 2. The molecule has 0 saturated carbocycles. The van der Waals surface area contributed by atoms with Crippen LogP contribution in [0.25, 0.3) is 0 Å². The lowest BCUT2D eigenvalue weighted by Crippen LogP contribution is -2.61. The van der Waals surface area contributed by atoms with Crippen molar-refractivity contribution in [1.82, 2.24) is 58.1 Å². The number of phenols is 2. The largest absolute Gasteiger partial charge is 0.508 e. The van der Waals surface area contributed by atoms with Crippen LogP contribution >= 0.6 is 12.2 Å². The van der Waals surface area contributed by atoms with Crippen molar-refractivity contribution in [2.24, 2.45) is 17.4 Å². The molecule has 4 aromatic rings. The topological polar surface area (TPSA) is 543 Å². The Labute approximate surface area is 637 Å². The first-order chi connectivity index (χ1) is 52.2. The first-order valence-electron chi connectivity index (χ1n) is 36.1. The van der Waals surface area contributed by atoms with Crippen LogP contribution < -0.4 is 74.7 Å². The van der Waals surface area contributed by atoms with Crippen molar-refractivity contribution < 1.29 is 102 Å². The van der Waals surface area contributed by atoms with Gasteiger partial charge >= 0.3 is 17.9 Å². The molecule has 19 N–H and O–H groups in total. The van der Waals surface area contributed by atoms with Gasteiger partial charge in [-0.05, 0) is 118 Å². The second kappa shape index (κ2) is 38.2. The zero-order valence-corrected chi connectivity index (χ0v) is 61.7. The number of hydrogen-bond donors (Lipinski definition) is 17. The van der Waals surface area contributed by atoms with Crippen LogP contribution in [0.2, 0.25) is 0 Å². The van der Waals surface area contributed by atoms with Gasteiger partial charge in [-0.1, -0.05) is 75.9 Å². The van der Waals surface area contributed by atoms with E-state index in [1.807, 2.05) is 0 Å². The number of fused-ring (bicyclic) bond motifs is 6. The number of carboxylic acid groups (broad SMARTS) is 2. The lowest BCUT2D eigenvalue weighted by atomic mass is 9.77. The lowest BCUT2D eigenvalue weighted by Gasteiger charge is -2.36. The maximum Gasteiger partial charge on any atom is 0.340 e. The molecule has 8 rings (SSSR count). The minimum atomic E-state index is -1.97. The summed E-state index contributed by atoms with van der Waals surface area (Å²) in [6, 6.07) is 6.99. The van der Waals surface area contributed by atoms with Crippen molar-refractivity contribution >= 4 is 112 Å². The average Bonchev–Trinajstić information content (AvgIpc) is 1.49. The molecule has 10 atom stereocenters. The van der Waals surface area contributed by atoms with E-state index >= 15 is 0 Å². The highest BCUT2D eigenvalue weighted by Gasteiger charge is 2.54. The van der Waals surface area contributed by atoms with E-state index in [0.29, 0.717) is 53.6 Å². The van der Waals surface area contributed by atoms with Gasteiger partial charge in [0.05, 0.1) is 18.4 Å². The van der Waals surface area contributed by atoms with Crippen molar-refractivity contribution in [2.75, 3.05) is 18.4 Å². The number of carbonyl (C=O) groups is 15. The molecule has 0 aromatic heterocycles. The van der Waals surface area contributed by atoms with Gasteiger partial charge in [-0.15, -0.1) is 0 Å². The molecule has 0 radical (unpaired) electrons. The van der Waals surface area contributed by atoms with E-state index in [-0.39, 0.29) is 110 Å². The molecule has 4 aliphatic heterocycles. The van der Waals surface area contributed by atoms with Gasteiger partial charge in [-0.3, -0.25) is 67.1 Å². The number of nitrogens with zero attached hydrogens (tertiary/aromatic N) is 1. The zero-order valence-electron chi connectivity index (χ0n) is 60.9. The average molecular weight is 1550 g/mol. The summed E-state index contributed by atoms with van der Waals surface area (Å²) < 4.78 is 12.2. The number of aromatic hydroxyl groups is 2. The lowest BCUT2D eigenvalue weighted by molar-refractivity contribution is -0.143. The third-order valence-electron chi connectivity index (χ3n) is 19.0. The summed E-state index contributed by atoms with van der Waals surface area (Å²) in [5, 5.41) is 68.9. The van der Waals surface area contributed by atoms with Gasteiger partial charge in [0.1, 0.15) is 83.4 Å². The van der Waals surface area contributed by atoms with Crippen molar-refractivity contribution in [3.05, 3.63) is 113 Å². The van der Waals surface area contributed by atoms with Gasteiger partial charge in [-0.25, -0.2) is 4.79 Å². The number of benzene rings is 4. The van der Waals surface area contributed by atoms with E-state index in [1.54, 1.807) is 74.5 Å². The number of phenolic OH excluding ortho intramolecular Hbond substituents is 2. The van der Waals surface area contributed by atoms with Gasteiger partial charge in [0.25, 0.3) is 0 Å². The number of carboxylic acids is 2. The number of nitrogens with one attached hydrogen (secondary N) is 11. The maximum atomic E-state index is 14.6. The second-order valence-electron chi connectivity index (χ2n) is 27.7. The molecular formula is C74H92N14O21S. The molecule has 2 saturated heterocycles. The van der Waals surface area contributed by atoms with E-state index in [2.05, 4.69) is 58.5 Å². The Morgan fingerprint density at radius 3 is 1.86 bits per heavy atom. The number of ether oxygens (including phenoxy) is 2. The van der Waals surface area contributed by atoms with E-state index in [0.717, 1.165) is 6.92 Å². The number of esters is 1. The molecule has 12 amide bonds. The normalized spacial score (nSPS) is 19.5. The maximum absolute atomic E-state index is 14.6. The van der Waals surface area contributed by atoms with Crippen LogP contribution in [-0.2, 0) is 83.9 Å². The zero-order chi connectivity index (χ0) is 80.3. The molecule has 0 aliphatic carbocycles. The monoisotopic (exact) mass is 1540 g/mol. The molecule has 36 heteroatoms. The summed E-state index contributed by atoms with van der Waals surface area (Å²) in [5.74, 6) is -15.0. The smallest absolute Gasteiger partial charge is 0.340 e. The van der Waals surface area contributed by atoms with Gasteiger partial charge < -0.3 is 105 Å². The third-order valence-corrected chi connectivity index (χ3v) is 19.3. The van der Waals surface area contributed by atoms with Crippen molar-refractivity contribution in [3.63, 3.8) is 0 Å². The predicted molar refractivity (Wildman–Crippen MR) is 394 cm³/mol. The highest BCUT2D eigenvalue weighted by atomic mass is 32.1. The Morgan fingerprint density at radius 2 is 1.25 bits per heavy atom. The standard InChI is InChI=1S/C74H92N14O21S/c1-37(2)61(79-39(4)89)71(106)88-30-14-20-55(88)70(105)84-50-19-11-6-5-10-18-49(82-68(103)52(31-40-15-8-7-9-16-40)86-66(101)51(83-64(50)99)27-28-58(75)92)65(100)87-53(35-59(93)94)67(102)78-38(3)63(98)85-54(36-60(95)96)69(104)81-48(62(76)97)17-12-13-29-77-73(110)80-41-21-24-45-44(32-41)72(107)109-74(45)46-25-22-42(90)33-56(46)108-57-34-43(91)23-26-47(57)74/h7-9,15-16,21-26,32-34,37-38,48-55,61,90-91H,5-6,10-14,17-20,27-31,35-36H2,1-4H3,(H2,75,92)(H2,76,97)(H,78,102)(H,79,89)(H,81,104)(H,82,103)(H,83,99)(H,84,105)(H,85,98)(H,86,101)(H,87,100)(H,93,94)(H,95,96)(H2,77,80,110)/t38-,48-,49+,50-,51-,52-,53-,54-,55-,61-/m0/s1. The SMILES string of the molecule is CC(=O)N[C@H](C(=O)N1CCC[C@H]1C(=O)N[C@H]1CCCCCC[C@H](C(=O)N[C@@H](CC(=O)O)C(=O)N[C@@H](C)C(=O)N[C@@H](CC(=O)O)C(=O)N[C@@H](CCCCNC(=S)Nc2ccc3c(c2)C(=O)OC32c3ccc(O)cc3Oc3cc(O)ccc32)C(N)=O)NC(=O)[C@H](Cc2ccccc2)NC(=O)[C@H](CCC(N)=O)NC1=O)C(C)C. The number of nitrogens with two attached hydrogens (primary N) is 2. The van der Waals surface area contributed by atoms with Crippen LogP contribution in [0.3, 0.4) is 0 Å². The molecule has 4 aromatic carbocycles. The number of amides is 12. The number of rotatable bonds is 29. The van der Waals surface area contributed by atoms with Crippen molar-refractivity contribution in [2.45, 2.75) is 196 Å². The van der Waals surface area contributed by atoms with Crippen LogP contribution in [-0.4, -0.2) is 193 Å². The molecule has 590 valence electrons. The molecular weight excluding hydrogens is 1450 g/mol. The van der Waals surface area contributed by atoms with E-state index in [9.17, 15) is 92.3 Å². The predicted octanol–water partition coefficient (Wildman–Crippen LogP) is 0.470. The number of anilines is 1. The molecule has 35 nitrogen and oxygen atoms in total. The minimum absolute atomic E-state index is 0.0234. The van der Waals surface area contributed by atoms with Gasteiger partial charge in [0.2, 0.25) is 70.9 Å². The number of likely N-dealkylation sites (tertiary alicyclic amines) is 1. The molecule has 4 aliphatic rings. The Hall–Kier alpha value is -12.0. The van der Waals surface area contributed by atoms with Crippen LogP contribution in [0, 0.1) is 5.92 Å². The van der Waals surface area contributed by atoms with Crippen molar-refractivity contribution in [3.8, 4) is 23.0 Å². The van der Waals surface area contributed by atoms with Crippen LogP contribution in [0.4, 0.5) is 5.69 Å². The van der Waals surface area contributed by atoms with Crippen LogP contribution in [0.15, 0.2) is 84.9 Å². The van der Waals surface area contributed by atoms with Gasteiger partial charge in [0.15, 0.2) is 10.7 Å². The molecule has 0 unspecified atom stereocenters. The number of thiocarbonyl (C=S) groups is 1. The fourth-order valence-corrected chi connectivity index (χ4v) is 13.6. The molecule has 110 heavy (non-hydrogen) atoms. The third kappa shape index (κ3) is 22.1. The highest BCUT2D eigenvalue weighted by Crippen LogP contribution is 2.57. The number of carbonyl (C=O) groups excluding carboxylic acids is 13. The Balaban J connectivity index is 0.881. The summed E-state index contributed by atoms with van der Waals surface area (Å²) in [7, 11) is 0. The summed E-state index contributed by atoms with van der Waals surface area (Å²) in [6.45, 7) is 6.23. The van der Waals surface area contributed by atoms with E-state index in [4.69, 9.17) is 33.2 Å². The number of primary amides is 2. The fraction of sp³-hybridized carbons (Fsp3) is 0.459. The van der Waals surface area contributed by atoms with Gasteiger partial charge in [0, 0.05) is 67.4 Å². The molecule has 4 heterocycles. The van der Waals surface area contributed by atoms with Gasteiger partial charge in [-0.2, -0.15) is 0 Å². The first kappa shape index (κ1) is 83.7. The Bertz CT molecular complexity index is 4150. The molecule has 2 fully saturated rings. The molecule has 0 bridgehead atoms. The Morgan fingerprint density at radius 1 is 0.645 bits per heavy atom. The second-order valence-corrected chi connectivity index (χ2v) is 28.1. The summed E-state index contributed by atoms with van der Waals surface area (Å²) >= 11 is 5.52. The summed E-state index contributed by atoms with van der Waals surface area (Å²) in [4.78, 5) is 204. The summed E-state index contributed by atoms with van der Waals surface area (Å²) in [6.07, 6.45) is -1.21. The summed E-state index contributed by atoms with van der Waals surface area (Å²) in [5.41, 5.74) is 12.1. The van der Waals surface area contributed by atoms with Crippen molar-refractivity contribution in [1.29, 1.82) is 0 Å². The first-order valence-corrected chi connectivity index (χ1v) is 36.5. The molecule has 1 spiro atoms. The number of unbranched alkanes of at least 4 members (excludes halogenated alkanes) is 1. The number of hydrogen-bond acceptors (Lipinski definition) is 20.